The molecule has 0 aliphatic heterocycles. The molecular weight excluding hydrogens is 292 g/mol. The number of hydrogen-bond acceptors (Lipinski definition) is 3. The summed E-state index contributed by atoms with van der Waals surface area (Å²) >= 11 is 0. The molecule has 5 heteroatoms. The molecule has 1 aromatic carbocycles. The number of aliphatic hydroxyl groups excluding tert-OH is 1. The van der Waals surface area contributed by atoms with Crippen LogP contribution >= 0.6 is 0 Å². The van der Waals surface area contributed by atoms with Crippen LogP contribution in [0.25, 0.3) is 0 Å². The van der Waals surface area contributed by atoms with Crippen molar-refractivity contribution < 1.29 is 14.6 Å². The lowest BCUT2D eigenvalue weighted by atomic mass is 9.76. The molecule has 1 aliphatic carbocycles. The molecule has 23 heavy (non-hydrogen) atoms. The highest BCUT2D eigenvalue weighted by atomic mass is 16.5. The minimum Gasteiger partial charge on any atom is -0.492 e. The third-order valence-corrected chi connectivity index (χ3v) is 4.67. The van der Waals surface area contributed by atoms with Crippen LogP contribution in [0.2, 0.25) is 0 Å². The first-order chi connectivity index (χ1) is 11.1. The third kappa shape index (κ3) is 4.61. The minimum absolute atomic E-state index is 0.0573. The third-order valence-electron chi connectivity index (χ3n) is 4.67. The van der Waals surface area contributed by atoms with Crippen molar-refractivity contribution in [1.29, 1.82) is 0 Å². The number of nitrogens with one attached hydrogen (secondary N) is 2. The van der Waals surface area contributed by atoms with Crippen molar-refractivity contribution in [3.63, 3.8) is 0 Å². The summed E-state index contributed by atoms with van der Waals surface area (Å²) in [6.45, 7) is 4.31. The van der Waals surface area contributed by atoms with E-state index in [4.69, 9.17) is 4.74 Å². The van der Waals surface area contributed by atoms with Gasteiger partial charge in [0.1, 0.15) is 5.75 Å². The maximum Gasteiger partial charge on any atom is 0.319 e. The minimum atomic E-state index is -0.592. The average molecular weight is 320 g/mol. The predicted octanol–water partition coefficient (Wildman–Crippen LogP) is 3.54. The summed E-state index contributed by atoms with van der Waals surface area (Å²) in [5.41, 5.74) is 0.0428. The molecule has 1 fully saturated rings. The molecule has 1 atom stereocenters. The summed E-state index contributed by atoms with van der Waals surface area (Å²) in [6.07, 6.45) is 5.67. The van der Waals surface area contributed by atoms with Crippen molar-refractivity contribution >= 4 is 11.7 Å². The van der Waals surface area contributed by atoms with E-state index in [2.05, 4.69) is 10.6 Å². The molecule has 0 spiro atoms. The van der Waals surface area contributed by atoms with Gasteiger partial charge in [0.25, 0.3) is 0 Å². The van der Waals surface area contributed by atoms with Gasteiger partial charge in [0.2, 0.25) is 0 Å². The van der Waals surface area contributed by atoms with Gasteiger partial charge in [-0.15, -0.1) is 0 Å². The summed E-state index contributed by atoms with van der Waals surface area (Å²) in [4.78, 5) is 12.4. The molecule has 5 nitrogen and oxygen atoms in total. The Morgan fingerprint density at radius 2 is 2.00 bits per heavy atom. The number of anilines is 1. The first kappa shape index (κ1) is 17.6. The molecule has 0 bridgehead atoms. The quantitative estimate of drug-likeness (QED) is 0.751. The Morgan fingerprint density at radius 3 is 2.65 bits per heavy atom. The van der Waals surface area contributed by atoms with E-state index in [0.29, 0.717) is 24.0 Å². The van der Waals surface area contributed by atoms with Gasteiger partial charge in [-0.05, 0) is 44.7 Å². The molecule has 1 aromatic rings. The van der Waals surface area contributed by atoms with E-state index in [1.54, 1.807) is 0 Å². The van der Waals surface area contributed by atoms with E-state index in [1.165, 1.54) is 6.42 Å². The fourth-order valence-electron chi connectivity index (χ4n) is 3.27. The second-order valence-electron chi connectivity index (χ2n) is 6.42. The average Bonchev–Trinajstić information content (AvgIpc) is 2.57. The number of aliphatic hydroxyl groups is 1. The number of carbonyl (C=O) groups is 1. The van der Waals surface area contributed by atoms with E-state index in [0.717, 1.165) is 25.7 Å². The Balaban J connectivity index is 2.02. The fraction of sp³-hybridized carbons (Fsp3) is 0.611. The lowest BCUT2D eigenvalue weighted by Gasteiger charge is -2.39. The van der Waals surface area contributed by atoms with Gasteiger partial charge in [-0.1, -0.05) is 31.4 Å². The van der Waals surface area contributed by atoms with Crippen LogP contribution in [0, 0.1) is 5.92 Å². The van der Waals surface area contributed by atoms with Crippen LogP contribution in [0.1, 0.15) is 46.0 Å². The van der Waals surface area contributed by atoms with Crippen LogP contribution < -0.4 is 15.4 Å². The van der Waals surface area contributed by atoms with E-state index >= 15 is 0 Å². The monoisotopic (exact) mass is 320 g/mol. The standard InChI is InChI=1S/C18H28N2O3/c1-3-23-16-12-8-7-11-15(16)19-17(22)20-18(2,13-21)14-9-5-4-6-10-14/h7-8,11-12,14,21H,3-6,9-10,13H2,1-2H3,(H2,19,20,22)/t18-/m0/s1. The molecule has 128 valence electrons. The number of rotatable bonds is 6. The Kier molecular flexibility index (Phi) is 6.28. The number of ether oxygens (including phenoxy) is 1. The first-order valence-corrected chi connectivity index (χ1v) is 8.51. The molecule has 0 saturated heterocycles. The number of urea groups is 1. The first-order valence-electron chi connectivity index (χ1n) is 8.51. The molecule has 3 N–H and O–H groups in total. The van der Waals surface area contributed by atoms with Crippen LogP contribution in [0.15, 0.2) is 24.3 Å². The van der Waals surface area contributed by atoms with E-state index in [9.17, 15) is 9.90 Å². The maximum atomic E-state index is 12.4. The van der Waals surface area contributed by atoms with E-state index in [1.807, 2.05) is 38.1 Å². The molecule has 2 amide bonds. The molecule has 1 aliphatic rings. The summed E-state index contributed by atoms with van der Waals surface area (Å²) in [7, 11) is 0. The second-order valence-corrected chi connectivity index (χ2v) is 6.42. The van der Waals surface area contributed by atoms with Crippen molar-refractivity contribution in [2.45, 2.75) is 51.5 Å². The number of carbonyl (C=O) groups excluding carboxylic acids is 1. The molecule has 0 aromatic heterocycles. The highest BCUT2D eigenvalue weighted by Crippen LogP contribution is 2.32. The van der Waals surface area contributed by atoms with Crippen molar-refractivity contribution in [2.24, 2.45) is 5.92 Å². The summed E-state index contributed by atoms with van der Waals surface area (Å²) in [5, 5.41) is 15.6. The van der Waals surface area contributed by atoms with Gasteiger partial charge in [0.15, 0.2) is 0 Å². The summed E-state index contributed by atoms with van der Waals surface area (Å²) in [6, 6.07) is 7.05. The molecular formula is C18H28N2O3. The van der Waals surface area contributed by atoms with Crippen LogP contribution in [0.4, 0.5) is 10.5 Å². The molecule has 2 rings (SSSR count). The molecule has 0 unspecified atom stereocenters. The van der Waals surface area contributed by atoms with E-state index < -0.39 is 5.54 Å². The molecule has 1 saturated carbocycles. The SMILES string of the molecule is CCOc1ccccc1NC(=O)N[C@@](C)(CO)C1CCCCC1. The van der Waals surface area contributed by atoms with Gasteiger partial charge in [-0.25, -0.2) is 4.79 Å². The van der Waals surface area contributed by atoms with Gasteiger partial charge in [-0.2, -0.15) is 0 Å². The second kappa shape index (κ2) is 8.20. The molecule has 0 radical (unpaired) electrons. The Morgan fingerprint density at radius 1 is 1.30 bits per heavy atom. The van der Waals surface area contributed by atoms with Gasteiger partial charge in [-0.3, -0.25) is 0 Å². The van der Waals surface area contributed by atoms with Crippen molar-refractivity contribution in [3.05, 3.63) is 24.3 Å². The number of benzene rings is 1. The van der Waals surface area contributed by atoms with Crippen LogP contribution in [0.3, 0.4) is 0 Å². The molecule has 0 heterocycles. The van der Waals surface area contributed by atoms with Crippen LogP contribution in [-0.4, -0.2) is 29.9 Å². The van der Waals surface area contributed by atoms with Gasteiger partial charge in [0.05, 0.1) is 24.4 Å². The zero-order valence-corrected chi connectivity index (χ0v) is 14.1. The maximum absolute atomic E-state index is 12.4. The zero-order chi connectivity index (χ0) is 16.7. The van der Waals surface area contributed by atoms with Crippen LogP contribution in [-0.2, 0) is 0 Å². The summed E-state index contributed by atoms with van der Waals surface area (Å²) in [5.74, 6) is 0.961. The zero-order valence-electron chi connectivity index (χ0n) is 14.1. The smallest absolute Gasteiger partial charge is 0.319 e. The predicted molar refractivity (Wildman–Crippen MR) is 91.8 cm³/mol. The van der Waals surface area contributed by atoms with Gasteiger partial charge >= 0.3 is 6.03 Å². The highest BCUT2D eigenvalue weighted by Gasteiger charge is 2.35. The largest absolute Gasteiger partial charge is 0.492 e. The Bertz CT molecular complexity index is 515. The van der Waals surface area contributed by atoms with E-state index in [-0.39, 0.29) is 12.6 Å². The Hall–Kier alpha value is -1.75. The lowest BCUT2D eigenvalue weighted by Crippen LogP contribution is -2.55. The van der Waals surface area contributed by atoms with Crippen molar-refractivity contribution in [1.82, 2.24) is 5.32 Å². The highest BCUT2D eigenvalue weighted by molar-refractivity contribution is 5.91. The fourth-order valence-corrected chi connectivity index (χ4v) is 3.27. The normalized spacial score (nSPS) is 18.0. The topological polar surface area (TPSA) is 70.6 Å². The van der Waals surface area contributed by atoms with Gasteiger partial charge in [0, 0.05) is 0 Å². The number of amides is 2. The number of hydrogen-bond donors (Lipinski definition) is 3. The van der Waals surface area contributed by atoms with Crippen LogP contribution in [0.5, 0.6) is 5.75 Å². The van der Waals surface area contributed by atoms with Crippen molar-refractivity contribution in [2.75, 3.05) is 18.5 Å². The lowest BCUT2D eigenvalue weighted by molar-refractivity contribution is 0.103. The summed E-state index contributed by atoms with van der Waals surface area (Å²) < 4.78 is 5.52. The number of para-hydroxylation sites is 2. The van der Waals surface area contributed by atoms with Gasteiger partial charge < -0.3 is 20.5 Å². The van der Waals surface area contributed by atoms with Crippen molar-refractivity contribution in [3.8, 4) is 5.75 Å². The Labute approximate surface area is 138 Å².